The second kappa shape index (κ2) is 7.91. The molecule has 5 rings (SSSR count). The van der Waals surface area contributed by atoms with Gasteiger partial charge in [-0.05, 0) is 18.6 Å². The van der Waals surface area contributed by atoms with E-state index in [4.69, 9.17) is 16.6 Å². The first-order valence-electron chi connectivity index (χ1n) is 9.39. The van der Waals surface area contributed by atoms with E-state index in [1.807, 2.05) is 22.9 Å². The van der Waals surface area contributed by atoms with Gasteiger partial charge in [0, 0.05) is 48.0 Å². The van der Waals surface area contributed by atoms with E-state index in [1.165, 1.54) is 11.8 Å². The SMILES string of the molecule is CCc1[nH]c2c(c1Cl)=C(n1ccnc1)N=C(Sc1cnc3nccnc3c1)CC=C=2. The lowest BCUT2D eigenvalue weighted by atomic mass is 10.3. The molecule has 7 nitrogen and oxygen atoms in total. The summed E-state index contributed by atoms with van der Waals surface area (Å²) in [7, 11) is 0. The van der Waals surface area contributed by atoms with E-state index in [9.17, 15) is 0 Å². The van der Waals surface area contributed by atoms with Gasteiger partial charge in [0.05, 0.1) is 20.6 Å². The Hall–Kier alpha value is -3.19. The third kappa shape index (κ3) is 3.45. The van der Waals surface area contributed by atoms with E-state index in [-0.39, 0.29) is 0 Å². The van der Waals surface area contributed by atoms with E-state index in [2.05, 4.69) is 37.6 Å². The number of aromatic amines is 1. The van der Waals surface area contributed by atoms with Crippen LogP contribution in [0.4, 0.5) is 0 Å². The van der Waals surface area contributed by atoms with Crippen molar-refractivity contribution in [2.75, 3.05) is 0 Å². The Balaban J connectivity index is 1.66. The van der Waals surface area contributed by atoms with Crippen molar-refractivity contribution >= 4 is 51.1 Å². The molecule has 148 valence electrons. The number of aryl methyl sites for hydroxylation is 1. The maximum Gasteiger partial charge on any atom is 0.178 e. The molecule has 1 aliphatic heterocycles. The molecule has 0 saturated heterocycles. The first kappa shape index (κ1) is 18.8. The van der Waals surface area contributed by atoms with Crippen molar-refractivity contribution in [2.45, 2.75) is 24.7 Å². The molecule has 0 bridgehead atoms. The summed E-state index contributed by atoms with van der Waals surface area (Å²) in [6.45, 7) is 2.06. The van der Waals surface area contributed by atoms with Gasteiger partial charge in [-0.2, -0.15) is 0 Å². The summed E-state index contributed by atoms with van der Waals surface area (Å²) in [4.78, 5) is 26.4. The van der Waals surface area contributed by atoms with Crippen LogP contribution in [0.1, 0.15) is 19.0 Å². The highest BCUT2D eigenvalue weighted by Gasteiger charge is 2.14. The number of aliphatic imine (C=N–C) groups is 1. The average Bonchev–Trinajstić information content (AvgIpc) is 3.38. The van der Waals surface area contributed by atoms with E-state index in [0.717, 1.165) is 38.1 Å². The molecule has 0 amide bonds. The Morgan fingerprint density at radius 1 is 1.23 bits per heavy atom. The Morgan fingerprint density at radius 2 is 2.13 bits per heavy atom. The maximum atomic E-state index is 6.71. The van der Waals surface area contributed by atoms with Gasteiger partial charge in [-0.1, -0.05) is 36.0 Å². The smallest absolute Gasteiger partial charge is 0.178 e. The molecule has 0 aliphatic carbocycles. The van der Waals surface area contributed by atoms with Gasteiger partial charge >= 0.3 is 0 Å². The third-order valence-electron chi connectivity index (χ3n) is 4.63. The lowest BCUT2D eigenvalue weighted by Crippen LogP contribution is -2.27. The van der Waals surface area contributed by atoms with Crippen molar-refractivity contribution in [3.63, 3.8) is 0 Å². The number of allylic oxidation sites excluding steroid dienone is 1. The van der Waals surface area contributed by atoms with Crippen molar-refractivity contribution in [3.8, 4) is 0 Å². The lowest BCUT2D eigenvalue weighted by Gasteiger charge is -2.09. The summed E-state index contributed by atoms with van der Waals surface area (Å²) in [5, 5.41) is 3.20. The number of imidazole rings is 1. The molecule has 0 atom stereocenters. The topological polar surface area (TPSA) is 84.6 Å². The van der Waals surface area contributed by atoms with Crippen LogP contribution in [-0.4, -0.2) is 34.5 Å². The molecular formula is C21H16ClN7S. The highest BCUT2D eigenvalue weighted by Crippen LogP contribution is 2.25. The van der Waals surface area contributed by atoms with Crippen LogP contribution in [0.3, 0.4) is 0 Å². The van der Waals surface area contributed by atoms with E-state index < -0.39 is 0 Å². The van der Waals surface area contributed by atoms with Gasteiger partial charge in [0.15, 0.2) is 5.65 Å². The molecule has 0 saturated carbocycles. The van der Waals surface area contributed by atoms with Gasteiger partial charge in [-0.15, -0.1) is 0 Å². The number of halogens is 1. The van der Waals surface area contributed by atoms with Crippen LogP contribution in [-0.2, 0) is 6.42 Å². The maximum absolute atomic E-state index is 6.71. The summed E-state index contributed by atoms with van der Waals surface area (Å²) >= 11 is 8.25. The molecule has 0 spiro atoms. The zero-order valence-electron chi connectivity index (χ0n) is 16.0. The van der Waals surface area contributed by atoms with Gasteiger partial charge in [-0.25, -0.2) is 19.9 Å². The molecule has 4 aromatic heterocycles. The van der Waals surface area contributed by atoms with Gasteiger partial charge in [-0.3, -0.25) is 9.55 Å². The minimum absolute atomic E-state index is 0.621. The van der Waals surface area contributed by atoms with Crippen LogP contribution in [0, 0.1) is 0 Å². The first-order chi connectivity index (χ1) is 14.7. The van der Waals surface area contributed by atoms with Gasteiger partial charge in [0.25, 0.3) is 0 Å². The van der Waals surface area contributed by atoms with Crippen molar-refractivity contribution in [1.82, 2.24) is 29.5 Å². The Bertz CT molecular complexity index is 1430. The highest BCUT2D eigenvalue weighted by molar-refractivity contribution is 8.14. The monoisotopic (exact) mass is 433 g/mol. The number of hydrogen-bond acceptors (Lipinski definition) is 6. The Kier molecular flexibility index (Phi) is 4.96. The van der Waals surface area contributed by atoms with Crippen LogP contribution in [0.25, 0.3) is 22.7 Å². The summed E-state index contributed by atoms with van der Waals surface area (Å²) < 4.78 is 1.87. The van der Waals surface area contributed by atoms with Crippen LogP contribution in [0.5, 0.6) is 0 Å². The van der Waals surface area contributed by atoms with E-state index in [1.54, 1.807) is 31.1 Å². The number of aromatic nitrogens is 6. The predicted molar refractivity (Wildman–Crippen MR) is 119 cm³/mol. The number of hydrogen-bond donors (Lipinski definition) is 1. The van der Waals surface area contributed by atoms with Crippen LogP contribution < -0.4 is 10.6 Å². The molecule has 5 heterocycles. The molecule has 1 N–H and O–H groups in total. The number of fused-ring (bicyclic) bond motifs is 2. The van der Waals surface area contributed by atoms with Gasteiger partial charge in [0.2, 0.25) is 0 Å². The molecule has 4 aromatic rings. The zero-order chi connectivity index (χ0) is 20.5. The van der Waals surface area contributed by atoms with Crippen molar-refractivity contribution in [1.29, 1.82) is 0 Å². The standard InChI is InChI=1S/C21H16ClN7S/c1-2-14-19(22)18-15(27-14)4-3-5-17(28-21(18)29-9-8-23-12-29)30-13-10-16-20(26-11-13)25-7-6-24-16/h3,6-12,27H,2,5H2,1H3. The normalized spacial score (nSPS) is 13.5. The second-order valence-electron chi connectivity index (χ2n) is 6.54. The quantitative estimate of drug-likeness (QED) is 0.537. The summed E-state index contributed by atoms with van der Waals surface area (Å²) in [5.74, 6) is 0.708. The van der Waals surface area contributed by atoms with Crippen LogP contribution in [0.15, 0.2) is 59.3 Å². The third-order valence-corrected chi connectivity index (χ3v) is 5.99. The number of thioether (sulfide) groups is 1. The number of nitrogens with one attached hydrogen (secondary N) is 1. The fraction of sp³-hybridized carbons (Fsp3) is 0.143. The molecule has 9 heteroatoms. The van der Waals surface area contributed by atoms with Crippen molar-refractivity contribution in [2.24, 2.45) is 4.99 Å². The van der Waals surface area contributed by atoms with E-state index in [0.29, 0.717) is 22.9 Å². The van der Waals surface area contributed by atoms with E-state index >= 15 is 0 Å². The highest BCUT2D eigenvalue weighted by atomic mass is 35.5. The summed E-state index contributed by atoms with van der Waals surface area (Å²) in [6.07, 6.45) is 13.8. The summed E-state index contributed by atoms with van der Waals surface area (Å²) in [6, 6.07) is 1.97. The molecule has 0 radical (unpaired) electrons. The predicted octanol–water partition coefficient (Wildman–Crippen LogP) is 2.91. The largest absolute Gasteiger partial charge is 0.351 e. The van der Waals surface area contributed by atoms with Gasteiger partial charge in [0.1, 0.15) is 17.7 Å². The second-order valence-corrected chi connectivity index (χ2v) is 8.07. The Morgan fingerprint density at radius 3 is 2.97 bits per heavy atom. The number of pyridine rings is 1. The Labute approximate surface area is 181 Å². The minimum atomic E-state index is 0.621. The van der Waals surface area contributed by atoms with Crippen molar-refractivity contribution in [3.05, 3.63) is 70.7 Å². The molecular weight excluding hydrogens is 418 g/mol. The number of H-pyrrole nitrogens is 1. The lowest BCUT2D eigenvalue weighted by molar-refractivity contribution is 1.04. The van der Waals surface area contributed by atoms with Crippen molar-refractivity contribution < 1.29 is 0 Å². The molecule has 0 fully saturated rings. The molecule has 0 unspecified atom stereocenters. The molecule has 30 heavy (non-hydrogen) atoms. The molecule has 1 aliphatic rings. The zero-order valence-corrected chi connectivity index (χ0v) is 17.6. The first-order valence-corrected chi connectivity index (χ1v) is 10.6. The summed E-state index contributed by atoms with van der Waals surface area (Å²) in [5.41, 5.74) is 5.68. The number of rotatable bonds is 3. The van der Waals surface area contributed by atoms with Crippen LogP contribution >= 0.6 is 23.4 Å². The number of nitrogens with zero attached hydrogens (tertiary/aromatic N) is 6. The molecule has 0 aromatic carbocycles. The fourth-order valence-corrected chi connectivity index (χ4v) is 4.42. The van der Waals surface area contributed by atoms with Crippen LogP contribution in [0.2, 0.25) is 5.02 Å². The van der Waals surface area contributed by atoms with Gasteiger partial charge < -0.3 is 4.98 Å². The minimum Gasteiger partial charge on any atom is -0.351 e. The average molecular weight is 434 g/mol. The fourth-order valence-electron chi connectivity index (χ4n) is 3.22.